The predicted molar refractivity (Wildman–Crippen MR) is 114 cm³/mol. The van der Waals surface area contributed by atoms with Crippen LogP contribution < -0.4 is 5.32 Å². The number of hydrogen-bond acceptors (Lipinski definition) is 4. The number of aromatic nitrogens is 2. The second-order valence-electron chi connectivity index (χ2n) is 6.59. The summed E-state index contributed by atoms with van der Waals surface area (Å²) in [4.78, 5) is 12.5. The van der Waals surface area contributed by atoms with Crippen molar-refractivity contribution in [1.29, 1.82) is 0 Å². The van der Waals surface area contributed by atoms with E-state index in [1.54, 1.807) is 0 Å². The van der Waals surface area contributed by atoms with Gasteiger partial charge in [-0.2, -0.15) is 0 Å². The summed E-state index contributed by atoms with van der Waals surface area (Å²) in [5.74, 6) is -0.183. The molecule has 0 saturated carbocycles. The molecule has 0 radical (unpaired) electrons. The van der Waals surface area contributed by atoms with Crippen molar-refractivity contribution in [3.63, 3.8) is 0 Å². The van der Waals surface area contributed by atoms with Crippen LogP contribution in [-0.2, 0) is 6.42 Å². The summed E-state index contributed by atoms with van der Waals surface area (Å²) in [5, 5.41) is 12.4. The van der Waals surface area contributed by atoms with Crippen LogP contribution >= 0.6 is 11.3 Å². The van der Waals surface area contributed by atoms with Crippen molar-refractivity contribution in [1.82, 2.24) is 10.2 Å². The summed E-state index contributed by atoms with van der Waals surface area (Å²) in [7, 11) is 0. The van der Waals surface area contributed by atoms with Crippen LogP contribution in [0.25, 0.3) is 10.6 Å². The van der Waals surface area contributed by atoms with E-state index in [-0.39, 0.29) is 5.91 Å². The molecule has 138 valence electrons. The molecule has 0 saturated heterocycles. The normalized spacial score (nSPS) is 10.6. The molecule has 0 aliphatic rings. The molecular formula is C23H19N3OS. The summed E-state index contributed by atoms with van der Waals surface area (Å²) in [6.07, 6.45) is 0.846. The summed E-state index contributed by atoms with van der Waals surface area (Å²) in [5.41, 5.74) is 5.20. The lowest BCUT2D eigenvalue weighted by Gasteiger charge is -2.04. The molecule has 1 amide bonds. The van der Waals surface area contributed by atoms with Crippen LogP contribution in [0.1, 0.15) is 27.0 Å². The van der Waals surface area contributed by atoms with E-state index in [9.17, 15) is 4.79 Å². The van der Waals surface area contributed by atoms with E-state index in [0.29, 0.717) is 10.7 Å². The molecule has 0 unspecified atom stereocenters. The van der Waals surface area contributed by atoms with Gasteiger partial charge in [0.25, 0.3) is 5.91 Å². The summed E-state index contributed by atoms with van der Waals surface area (Å²) < 4.78 is 0. The Bertz CT molecular complexity index is 1070. The van der Waals surface area contributed by atoms with Gasteiger partial charge in [-0.3, -0.25) is 10.1 Å². The Hall–Kier alpha value is -3.31. The Kier molecular flexibility index (Phi) is 5.26. The highest BCUT2D eigenvalue weighted by Crippen LogP contribution is 2.26. The molecule has 4 nitrogen and oxygen atoms in total. The van der Waals surface area contributed by atoms with Crippen molar-refractivity contribution >= 4 is 22.4 Å². The molecule has 3 aromatic carbocycles. The first-order chi connectivity index (χ1) is 13.7. The fourth-order valence-corrected chi connectivity index (χ4v) is 3.61. The minimum absolute atomic E-state index is 0.183. The van der Waals surface area contributed by atoms with E-state index < -0.39 is 0 Å². The van der Waals surface area contributed by atoms with Crippen LogP contribution in [0.15, 0.2) is 78.9 Å². The molecule has 4 aromatic rings. The number of amides is 1. The fourth-order valence-electron chi connectivity index (χ4n) is 2.86. The first kappa shape index (κ1) is 18.1. The minimum Gasteiger partial charge on any atom is -0.296 e. The van der Waals surface area contributed by atoms with Crippen molar-refractivity contribution in [3.05, 3.63) is 101 Å². The Morgan fingerprint density at radius 1 is 0.857 bits per heavy atom. The maximum absolute atomic E-state index is 12.5. The molecule has 4 rings (SSSR count). The zero-order valence-electron chi connectivity index (χ0n) is 15.4. The van der Waals surface area contributed by atoms with E-state index >= 15 is 0 Å². The first-order valence-electron chi connectivity index (χ1n) is 9.02. The molecule has 0 aliphatic heterocycles. The lowest BCUT2D eigenvalue weighted by molar-refractivity contribution is 0.102. The second kappa shape index (κ2) is 8.15. The number of carbonyl (C=O) groups is 1. The van der Waals surface area contributed by atoms with E-state index in [2.05, 4.69) is 27.6 Å². The molecule has 0 atom stereocenters. The third-order valence-corrected chi connectivity index (χ3v) is 5.30. The number of aryl methyl sites for hydroxylation is 1. The SMILES string of the molecule is Cc1ccc(-c2nnc(NC(=O)c3ccc(Cc4ccccc4)cc3)s2)cc1. The molecule has 0 aliphatic carbocycles. The van der Waals surface area contributed by atoms with E-state index in [1.807, 2.05) is 73.7 Å². The van der Waals surface area contributed by atoms with Crippen LogP contribution in [0, 0.1) is 6.92 Å². The van der Waals surface area contributed by atoms with Gasteiger partial charge in [-0.25, -0.2) is 0 Å². The van der Waals surface area contributed by atoms with Gasteiger partial charge < -0.3 is 0 Å². The highest BCUT2D eigenvalue weighted by molar-refractivity contribution is 7.18. The topological polar surface area (TPSA) is 54.9 Å². The zero-order valence-corrected chi connectivity index (χ0v) is 16.2. The molecule has 1 N–H and O–H groups in total. The van der Waals surface area contributed by atoms with Crippen LogP contribution in [0.2, 0.25) is 0 Å². The summed E-state index contributed by atoms with van der Waals surface area (Å²) in [6.45, 7) is 2.04. The standard InChI is InChI=1S/C23H19N3OS/c1-16-7-11-20(12-8-16)22-25-26-23(28-22)24-21(27)19-13-9-18(10-14-19)15-17-5-3-2-4-6-17/h2-14H,15H2,1H3,(H,24,26,27). The monoisotopic (exact) mass is 385 g/mol. The van der Waals surface area contributed by atoms with Crippen LogP contribution in [-0.4, -0.2) is 16.1 Å². The molecular weight excluding hydrogens is 366 g/mol. The lowest BCUT2D eigenvalue weighted by atomic mass is 10.0. The molecule has 1 heterocycles. The number of nitrogens with zero attached hydrogens (tertiary/aromatic N) is 2. The smallest absolute Gasteiger partial charge is 0.257 e. The fraction of sp³-hybridized carbons (Fsp3) is 0.0870. The van der Waals surface area contributed by atoms with Gasteiger partial charge in [-0.05, 0) is 36.6 Å². The van der Waals surface area contributed by atoms with Crippen molar-refractivity contribution < 1.29 is 4.79 Å². The third-order valence-electron chi connectivity index (χ3n) is 4.41. The molecule has 0 bridgehead atoms. The Labute approximate surface area is 167 Å². The predicted octanol–water partition coefficient (Wildman–Crippen LogP) is 5.36. The van der Waals surface area contributed by atoms with Gasteiger partial charge in [-0.15, -0.1) is 10.2 Å². The Morgan fingerprint density at radius 3 is 2.25 bits per heavy atom. The summed E-state index contributed by atoms with van der Waals surface area (Å²) >= 11 is 1.37. The number of hydrogen-bond donors (Lipinski definition) is 1. The zero-order chi connectivity index (χ0) is 19.3. The number of rotatable bonds is 5. The summed E-state index contributed by atoms with van der Waals surface area (Å²) in [6, 6.07) is 26.0. The molecule has 1 aromatic heterocycles. The molecule has 5 heteroatoms. The van der Waals surface area contributed by atoms with Gasteiger partial charge in [0.05, 0.1) is 0 Å². The highest BCUT2D eigenvalue weighted by atomic mass is 32.1. The van der Waals surface area contributed by atoms with Crippen LogP contribution in [0.3, 0.4) is 0 Å². The van der Waals surface area contributed by atoms with E-state index in [4.69, 9.17) is 0 Å². The van der Waals surface area contributed by atoms with Gasteiger partial charge in [-0.1, -0.05) is 83.6 Å². The average molecular weight is 385 g/mol. The van der Waals surface area contributed by atoms with Gasteiger partial charge in [0.2, 0.25) is 5.13 Å². The average Bonchev–Trinajstić information content (AvgIpc) is 3.18. The van der Waals surface area contributed by atoms with Crippen molar-refractivity contribution in [3.8, 4) is 10.6 Å². The molecule has 28 heavy (non-hydrogen) atoms. The first-order valence-corrected chi connectivity index (χ1v) is 9.84. The maximum Gasteiger partial charge on any atom is 0.257 e. The third kappa shape index (κ3) is 4.32. The van der Waals surface area contributed by atoms with Gasteiger partial charge >= 0.3 is 0 Å². The van der Waals surface area contributed by atoms with Crippen molar-refractivity contribution in [2.24, 2.45) is 0 Å². The van der Waals surface area contributed by atoms with E-state index in [1.165, 1.54) is 28.0 Å². The van der Waals surface area contributed by atoms with Gasteiger partial charge in [0.15, 0.2) is 0 Å². The van der Waals surface area contributed by atoms with Crippen LogP contribution in [0.5, 0.6) is 0 Å². The molecule has 0 fully saturated rings. The Balaban J connectivity index is 1.42. The minimum atomic E-state index is -0.183. The van der Waals surface area contributed by atoms with Crippen molar-refractivity contribution in [2.75, 3.05) is 5.32 Å². The number of nitrogens with one attached hydrogen (secondary N) is 1. The largest absolute Gasteiger partial charge is 0.296 e. The van der Waals surface area contributed by atoms with Gasteiger partial charge in [0, 0.05) is 11.1 Å². The molecule has 0 spiro atoms. The quantitative estimate of drug-likeness (QED) is 0.503. The number of benzene rings is 3. The lowest BCUT2D eigenvalue weighted by Crippen LogP contribution is -2.11. The number of carbonyl (C=O) groups excluding carboxylic acids is 1. The highest BCUT2D eigenvalue weighted by Gasteiger charge is 2.11. The van der Waals surface area contributed by atoms with Gasteiger partial charge in [0.1, 0.15) is 5.01 Å². The number of anilines is 1. The van der Waals surface area contributed by atoms with E-state index in [0.717, 1.165) is 17.0 Å². The second-order valence-corrected chi connectivity index (χ2v) is 7.57. The Morgan fingerprint density at radius 2 is 1.54 bits per heavy atom. The van der Waals surface area contributed by atoms with Crippen molar-refractivity contribution in [2.45, 2.75) is 13.3 Å². The maximum atomic E-state index is 12.5. The van der Waals surface area contributed by atoms with Crippen LogP contribution in [0.4, 0.5) is 5.13 Å².